The number of hydrogen-bond acceptors (Lipinski definition) is 14. The fraction of sp³-hybridized carbons (Fsp3) is 0.364. The minimum absolute atomic E-state index is 0.0453. The Hall–Kier alpha value is -9.79. The summed E-state index contributed by atoms with van der Waals surface area (Å²) < 4.78 is 12.5. The number of alkyl halides is 1. The number of nitrogens with two attached hydrogens (primary N) is 1. The first-order chi connectivity index (χ1) is 44.7. The summed E-state index contributed by atoms with van der Waals surface area (Å²) in [5.74, 6) is -2.54. The largest absolute Gasteiger partial charge is 0.444 e. The van der Waals surface area contributed by atoms with Crippen molar-refractivity contribution >= 4 is 137 Å². The van der Waals surface area contributed by atoms with Crippen molar-refractivity contribution in [3.05, 3.63) is 124 Å². The molecular weight excluding hydrogens is 1230 g/mol. The molecule has 0 bridgehead atoms. The van der Waals surface area contributed by atoms with E-state index in [2.05, 4.69) is 46.8 Å². The molecule has 3 aliphatic rings. The minimum atomic E-state index is -1.08. The van der Waals surface area contributed by atoms with Crippen molar-refractivity contribution in [2.45, 2.75) is 90.3 Å². The van der Waals surface area contributed by atoms with Crippen molar-refractivity contribution in [3.8, 4) is 5.75 Å². The molecule has 1 saturated heterocycles. The van der Waals surface area contributed by atoms with Gasteiger partial charge in [0.1, 0.15) is 30.1 Å². The molecular formula is C66H74ClN13O12S. The maximum Gasteiger partial charge on any atom is 0.415 e. The number of halogens is 1. The molecule has 3 aliphatic heterocycles. The molecule has 3 aromatic heterocycles. The highest BCUT2D eigenvalue weighted by atomic mass is 35.5. The SMILES string of the molecule is Cc1csc2c(OC(=O)N3CCN(C)CC3)cc3c(c12)[C@@H](CCCl)CN3C(=O)c1cc2cc(NC(=O)c3cc4cc(NC(=O)OCc5ccc(NC(=O)[C@H](CCCNC(N)=O)NC(=O)[C@@H](NC(=O)CCCCCN6C(=O)C=CC6=O)C(C)C)cc5)ccc4[nH]3)ccc2[nH]1. The molecule has 0 aliphatic carbocycles. The summed E-state index contributed by atoms with van der Waals surface area (Å²) in [5, 5.41) is 20.8. The average molecular weight is 1310 g/mol. The molecule has 27 heteroatoms. The van der Waals surface area contributed by atoms with E-state index in [-0.39, 0.29) is 80.1 Å². The zero-order chi connectivity index (χ0) is 66.0. The Balaban J connectivity index is 0.711. The van der Waals surface area contributed by atoms with Crippen molar-refractivity contribution in [1.82, 2.24) is 40.6 Å². The third-order valence-electron chi connectivity index (χ3n) is 16.6. The normalized spacial score (nSPS) is 15.4. The molecule has 488 valence electrons. The number of urea groups is 1. The molecule has 25 nitrogen and oxygen atoms in total. The van der Waals surface area contributed by atoms with E-state index >= 15 is 0 Å². The van der Waals surface area contributed by atoms with Crippen LogP contribution in [0.25, 0.3) is 31.9 Å². The molecule has 10 N–H and O–H groups in total. The van der Waals surface area contributed by atoms with Gasteiger partial charge in [0.2, 0.25) is 17.7 Å². The summed E-state index contributed by atoms with van der Waals surface area (Å²) >= 11 is 7.88. The van der Waals surface area contributed by atoms with Gasteiger partial charge in [0.25, 0.3) is 23.6 Å². The van der Waals surface area contributed by atoms with Crippen molar-refractivity contribution in [2.24, 2.45) is 11.7 Å². The quantitative estimate of drug-likeness (QED) is 0.0147. The van der Waals surface area contributed by atoms with Crippen LogP contribution in [0, 0.1) is 12.8 Å². The molecule has 1 fully saturated rings. The van der Waals surface area contributed by atoms with Gasteiger partial charge in [0.05, 0.1) is 10.4 Å². The first-order valence-electron chi connectivity index (χ1n) is 30.8. The van der Waals surface area contributed by atoms with Gasteiger partial charge in [-0.15, -0.1) is 22.9 Å². The number of piperazine rings is 1. The van der Waals surface area contributed by atoms with Crippen LogP contribution in [0.5, 0.6) is 5.75 Å². The molecule has 4 aromatic carbocycles. The molecule has 0 spiro atoms. The highest BCUT2D eigenvalue weighted by Gasteiger charge is 2.38. The number of primary amides is 1. The number of ether oxygens (including phenoxy) is 2. The summed E-state index contributed by atoms with van der Waals surface area (Å²) in [5.41, 5.74) is 11.7. The summed E-state index contributed by atoms with van der Waals surface area (Å²) in [4.78, 5) is 143. The fourth-order valence-corrected chi connectivity index (χ4v) is 12.9. The lowest BCUT2D eigenvalue weighted by molar-refractivity contribution is -0.137. The van der Waals surface area contributed by atoms with Crippen LogP contribution in [-0.2, 0) is 35.3 Å². The van der Waals surface area contributed by atoms with Gasteiger partial charge in [-0.05, 0) is 135 Å². The molecule has 10 rings (SSSR count). The number of amides is 11. The topological polar surface area (TPSA) is 332 Å². The number of anilines is 4. The number of nitrogens with one attached hydrogen (secondary N) is 8. The summed E-state index contributed by atoms with van der Waals surface area (Å²) in [6, 6.07) is 19.3. The van der Waals surface area contributed by atoms with E-state index in [0.717, 1.165) is 39.2 Å². The first-order valence-corrected chi connectivity index (χ1v) is 32.3. The Morgan fingerprint density at radius 2 is 1.43 bits per heavy atom. The second-order valence-electron chi connectivity index (χ2n) is 23.7. The molecule has 11 amide bonds. The monoisotopic (exact) mass is 1310 g/mol. The first kappa shape index (κ1) is 66.1. The lowest BCUT2D eigenvalue weighted by Gasteiger charge is -2.31. The predicted molar refractivity (Wildman–Crippen MR) is 355 cm³/mol. The van der Waals surface area contributed by atoms with E-state index in [0.29, 0.717) is 113 Å². The predicted octanol–water partition coefficient (Wildman–Crippen LogP) is 8.79. The number of hydrogen-bond donors (Lipinski definition) is 9. The number of aromatic nitrogens is 2. The number of unbranched alkanes of at least 4 members (excludes halogenated alkanes) is 2. The number of thiophene rings is 1. The number of aromatic amines is 2. The molecule has 7 aromatic rings. The van der Waals surface area contributed by atoms with Crippen molar-refractivity contribution < 1.29 is 57.4 Å². The van der Waals surface area contributed by atoms with Gasteiger partial charge in [0.15, 0.2) is 5.75 Å². The average Bonchev–Trinajstić information content (AvgIpc) is 1.60. The van der Waals surface area contributed by atoms with Gasteiger partial charge in [-0.1, -0.05) is 32.4 Å². The maximum atomic E-state index is 14.6. The number of H-pyrrole nitrogens is 2. The van der Waals surface area contributed by atoms with Crippen LogP contribution in [0.15, 0.2) is 96.4 Å². The Morgan fingerprint density at radius 1 is 0.763 bits per heavy atom. The lowest BCUT2D eigenvalue weighted by atomic mass is 9.94. The number of fused-ring (bicyclic) bond motifs is 5. The second kappa shape index (κ2) is 29.7. The highest BCUT2D eigenvalue weighted by Crippen LogP contribution is 2.50. The van der Waals surface area contributed by atoms with Crippen molar-refractivity contribution in [2.75, 3.05) is 79.6 Å². The van der Waals surface area contributed by atoms with E-state index < -0.39 is 48.0 Å². The Morgan fingerprint density at radius 3 is 2.11 bits per heavy atom. The number of imide groups is 1. The number of rotatable bonds is 25. The number of benzene rings is 4. The van der Waals surface area contributed by atoms with E-state index in [1.54, 1.807) is 96.4 Å². The number of nitrogens with zero attached hydrogens (tertiary/aromatic N) is 4. The third kappa shape index (κ3) is 16.1. The van der Waals surface area contributed by atoms with Gasteiger partial charge in [0, 0.05) is 127 Å². The number of carbonyl (C=O) groups is 10. The summed E-state index contributed by atoms with van der Waals surface area (Å²) in [6.45, 7) is 8.77. The van der Waals surface area contributed by atoms with Crippen LogP contribution in [0.4, 0.5) is 37.1 Å². The van der Waals surface area contributed by atoms with Crippen LogP contribution in [0.2, 0.25) is 0 Å². The Kier molecular flexibility index (Phi) is 21.1. The zero-order valence-corrected chi connectivity index (χ0v) is 53.5. The maximum absolute atomic E-state index is 14.6. The van der Waals surface area contributed by atoms with Crippen LogP contribution in [-0.4, -0.2) is 155 Å². The smallest absolute Gasteiger partial charge is 0.415 e. The number of carbonyl (C=O) groups excluding carboxylic acids is 10. The highest BCUT2D eigenvalue weighted by molar-refractivity contribution is 7.17. The van der Waals surface area contributed by atoms with E-state index in [1.165, 1.54) is 23.5 Å². The fourth-order valence-electron chi connectivity index (χ4n) is 11.6. The summed E-state index contributed by atoms with van der Waals surface area (Å²) in [6.07, 6.45) is 3.93. The van der Waals surface area contributed by atoms with Gasteiger partial charge in [-0.3, -0.25) is 43.8 Å². The third-order valence-corrected chi connectivity index (χ3v) is 18.0. The molecule has 3 atom stereocenters. The Bertz CT molecular complexity index is 4040. The molecule has 0 saturated carbocycles. The summed E-state index contributed by atoms with van der Waals surface area (Å²) in [7, 11) is 2.02. The number of likely N-dealkylation sites (N-methyl/N-ethyl adjacent to an activating group) is 1. The molecule has 0 unspecified atom stereocenters. The van der Waals surface area contributed by atoms with Crippen LogP contribution >= 0.6 is 22.9 Å². The van der Waals surface area contributed by atoms with Crippen molar-refractivity contribution in [3.63, 3.8) is 0 Å². The standard InChI is InChI=1S/C66H74ClN13O12S/c1-37(2)58(76-53(81)10-6-5-7-24-79-54(82)19-20-55(79)83)62(86)75-48(9-8-23-69-64(68)88)60(84)70-43-13-11-39(12-14-43)35-91-65(89)72-45-16-18-46-41(30-45)31-49(73-46)61(85)71-44-15-17-47-42(29-44)32-50(74-47)63(87)80-34-40(21-22-67)57-51(80)33-52(59-56(57)38(3)36-93-59)92-66(90)78-27-25-77(4)26-28-78/h11-20,29-33,36-37,40,48,58,73-74H,5-10,21-28,34-35H2,1-4H3,(H,70,84)(H,71,85)(H,72,89)(H,75,86)(H,76,81)(H3,68,69,88)/t40-,48-,58-/m0/s1. The van der Waals surface area contributed by atoms with Crippen LogP contribution in [0.1, 0.15) is 102 Å². The number of aryl methyl sites for hydroxylation is 1. The van der Waals surface area contributed by atoms with E-state index in [4.69, 9.17) is 26.8 Å². The van der Waals surface area contributed by atoms with Crippen molar-refractivity contribution in [1.29, 1.82) is 0 Å². The molecule has 6 heterocycles. The van der Waals surface area contributed by atoms with E-state index in [9.17, 15) is 47.9 Å². The van der Waals surface area contributed by atoms with E-state index in [1.807, 2.05) is 25.4 Å². The molecule has 0 radical (unpaired) electrons. The van der Waals surface area contributed by atoms with Gasteiger partial charge in [-0.25, -0.2) is 14.4 Å². The van der Waals surface area contributed by atoms with Crippen LogP contribution < -0.4 is 47.3 Å². The van der Waals surface area contributed by atoms with Gasteiger partial charge >= 0.3 is 18.2 Å². The Labute approximate surface area is 544 Å². The second-order valence-corrected chi connectivity index (χ2v) is 25.0. The van der Waals surface area contributed by atoms with Gasteiger partial charge in [-0.2, -0.15) is 0 Å². The molecule has 93 heavy (non-hydrogen) atoms. The zero-order valence-electron chi connectivity index (χ0n) is 51.9. The van der Waals surface area contributed by atoms with Crippen LogP contribution in [0.3, 0.4) is 0 Å². The van der Waals surface area contributed by atoms with Gasteiger partial charge < -0.3 is 66.5 Å². The lowest BCUT2D eigenvalue weighted by Crippen LogP contribution is -2.54. The minimum Gasteiger partial charge on any atom is -0.444 e.